The third-order valence-corrected chi connectivity index (χ3v) is 5.67. The summed E-state index contributed by atoms with van der Waals surface area (Å²) in [6.45, 7) is -0.316. The molecule has 6 nitrogen and oxygen atoms in total. The van der Waals surface area contributed by atoms with Gasteiger partial charge in [0.2, 0.25) is 5.91 Å². The van der Waals surface area contributed by atoms with Crippen LogP contribution < -0.4 is 5.32 Å². The zero-order valence-corrected chi connectivity index (χ0v) is 12.5. The highest BCUT2D eigenvalue weighted by molar-refractivity contribution is 7.91. The number of likely N-dealkylation sites (tertiary alicyclic amines) is 1. The van der Waals surface area contributed by atoms with Gasteiger partial charge in [0.15, 0.2) is 9.84 Å². The summed E-state index contributed by atoms with van der Waals surface area (Å²) in [5.41, 5.74) is 0. The molecule has 1 N–H and O–H groups in total. The second kappa shape index (κ2) is 6.05. The van der Waals surface area contributed by atoms with E-state index in [9.17, 15) is 31.2 Å². The van der Waals surface area contributed by atoms with Crippen LogP contribution in [0.25, 0.3) is 0 Å². The molecule has 0 aromatic rings. The minimum Gasteiger partial charge on any atom is -0.352 e. The van der Waals surface area contributed by atoms with Gasteiger partial charge in [0.05, 0.1) is 17.4 Å². The SMILES string of the molecule is O=C(NC1CCS(=O)(=O)C1)C1CCCN(C(=O)C(F)(F)F)C1. The van der Waals surface area contributed by atoms with E-state index >= 15 is 0 Å². The number of hydrogen-bond acceptors (Lipinski definition) is 4. The van der Waals surface area contributed by atoms with Crippen molar-refractivity contribution in [3.05, 3.63) is 0 Å². The molecule has 0 aromatic heterocycles. The lowest BCUT2D eigenvalue weighted by Gasteiger charge is -2.32. The van der Waals surface area contributed by atoms with Gasteiger partial charge in [0.1, 0.15) is 0 Å². The maximum atomic E-state index is 12.4. The summed E-state index contributed by atoms with van der Waals surface area (Å²) in [5.74, 6) is -3.30. The Balaban J connectivity index is 1.92. The molecule has 10 heteroatoms. The molecule has 2 unspecified atom stereocenters. The molecule has 0 bridgehead atoms. The lowest BCUT2D eigenvalue weighted by atomic mass is 9.96. The fourth-order valence-corrected chi connectivity index (χ4v) is 4.46. The van der Waals surface area contributed by atoms with Gasteiger partial charge in [-0.05, 0) is 19.3 Å². The van der Waals surface area contributed by atoms with Gasteiger partial charge in [0.25, 0.3) is 0 Å². The number of sulfone groups is 1. The molecular formula is C12H17F3N2O4S. The summed E-state index contributed by atoms with van der Waals surface area (Å²) in [6, 6.07) is -0.494. The molecule has 2 aliphatic rings. The van der Waals surface area contributed by atoms with E-state index in [1.165, 1.54) is 0 Å². The molecule has 2 rings (SSSR count). The van der Waals surface area contributed by atoms with Crippen molar-refractivity contribution in [2.24, 2.45) is 5.92 Å². The van der Waals surface area contributed by atoms with Gasteiger partial charge >= 0.3 is 12.1 Å². The van der Waals surface area contributed by atoms with Crippen LogP contribution in [0, 0.1) is 5.92 Å². The summed E-state index contributed by atoms with van der Waals surface area (Å²) in [6.07, 6.45) is -3.94. The monoisotopic (exact) mass is 342 g/mol. The molecule has 2 fully saturated rings. The Morgan fingerprint density at radius 2 is 1.86 bits per heavy atom. The lowest BCUT2D eigenvalue weighted by Crippen LogP contribution is -2.50. The van der Waals surface area contributed by atoms with Crippen molar-refractivity contribution in [1.29, 1.82) is 0 Å². The Bertz CT molecular complexity index is 561. The number of carbonyl (C=O) groups excluding carboxylic acids is 2. The van der Waals surface area contributed by atoms with E-state index in [1.54, 1.807) is 0 Å². The van der Waals surface area contributed by atoms with Crippen LogP contribution in [0.15, 0.2) is 0 Å². The van der Waals surface area contributed by atoms with Gasteiger partial charge < -0.3 is 10.2 Å². The highest BCUT2D eigenvalue weighted by Gasteiger charge is 2.44. The number of nitrogens with one attached hydrogen (secondary N) is 1. The van der Waals surface area contributed by atoms with Gasteiger partial charge in [-0.3, -0.25) is 9.59 Å². The molecule has 2 amide bonds. The van der Waals surface area contributed by atoms with E-state index in [-0.39, 0.29) is 24.6 Å². The van der Waals surface area contributed by atoms with Crippen LogP contribution in [0.5, 0.6) is 0 Å². The van der Waals surface area contributed by atoms with Gasteiger partial charge in [-0.2, -0.15) is 13.2 Å². The van der Waals surface area contributed by atoms with Gasteiger partial charge in [-0.25, -0.2) is 8.42 Å². The number of rotatable bonds is 2. The second-order valence-corrected chi connectivity index (χ2v) is 7.93. The maximum Gasteiger partial charge on any atom is 0.471 e. The Kier molecular flexibility index (Phi) is 4.69. The number of piperidine rings is 1. The van der Waals surface area contributed by atoms with Crippen molar-refractivity contribution in [1.82, 2.24) is 10.2 Å². The average Bonchev–Trinajstić information content (AvgIpc) is 2.76. The first kappa shape index (κ1) is 17.0. The number of amides is 2. The summed E-state index contributed by atoms with van der Waals surface area (Å²) in [5, 5.41) is 2.57. The number of carbonyl (C=O) groups is 2. The van der Waals surface area contributed by atoms with Crippen LogP contribution in [0.1, 0.15) is 19.3 Å². The van der Waals surface area contributed by atoms with Crippen LogP contribution >= 0.6 is 0 Å². The molecule has 0 spiro atoms. The highest BCUT2D eigenvalue weighted by Crippen LogP contribution is 2.24. The standard InChI is InChI=1S/C12H17F3N2O4S/c13-12(14,15)11(19)17-4-1-2-8(6-17)10(18)16-9-3-5-22(20,21)7-9/h8-9H,1-7H2,(H,16,18). The summed E-state index contributed by atoms with van der Waals surface area (Å²) < 4.78 is 59.9. The van der Waals surface area contributed by atoms with Gasteiger partial charge in [-0.1, -0.05) is 0 Å². The number of alkyl halides is 3. The van der Waals surface area contributed by atoms with E-state index in [4.69, 9.17) is 0 Å². The zero-order valence-electron chi connectivity index (χ0n) is 11.7. The van der Waals surface area contributed by atoms with Crippen molar-refractivity contribution in [2.45, 2.75) is 31.5 Å². The number of halogens is 3. The molecule has 2 aliphatic heterocycles. The second-order valence-electron chi connectivity index (χ2n) is 5.70. The molecular weight excluding hydrogens is 325 g/mol. The van der Waals surface area contributed by atoms with Crippen molar-refractivity contribution in [2.75, 3.05) is 24.6 Å². The first-order chi connectivity index (χ1) is 10.1. The van der Waals surface area contributed by atoms with Crippen LogP contribution in [-0.4, -0.2) is 61.9 Å². The first-order valence-electron chi connectivity index (χ1n) is 6.95. The molecule has 2 heterocycles. The molecule has 0 radical (unpaired) electrons. The van der Waals surface area contributed by atoms with Crippen LogP contribution in [0.3, 0.4) is 0 Å². The molecule has 0 aromatic carbocycles. The Hall–Kier alpha value is -1.32. The Morgan fingerprint density at radius 1 is 1.18 bits per heavy atom. The number of nitrogens with zero attached hydrogens (tertiary/aromatic N) is 1. The maximum absolute atomic E-state index is 12.4. The van der Waals surface area contributed by atoms with E-state index in [2.05, 4.69) is 5.32 Å². The van der Waals surface area contributed by atoms with E-state index in [1.807, 2.05) is 0 Å². The molecule has 22 heavy (non-hydrogen) atoms. The van der Waals surface area contributed by atoms with Crippen molar-refractivity contribution in [3.8, 4) is 0 Å². The first-order valence-corrected chi connectivity index (χ1v) is 8.77. The smallest absolute Gasteiger partial charge is 0.352 e. The van der Waals surface area contributed by atoms with Crippen molar-refractivity contribution < 1.29 is 31.2 Å². The number of hydrogen-bond donors (Lipinski definition) is 1. The molecule has 0 saturated carbocycles. The topological polar surface area (TPSA) is 83.6 Å². The highest BCUT2D eigenvalue weighted by atomic mass is 32.2. The molecule has 126 valence electrons. The normalized spacial score (nSPS) is 28.4. The fraction of sp³-hybridized carbons (Fsp3) is 0.833. The minimum atomic E-state index is -4.95. The quantitative estimate of drug-likeness (QED) is 0.771. The zero-order chi connectivity index (χ0) is 16.5. The van der Waals surface area contributed by atoms with Crippen LogP contribution in [-0.2, 0) is 19.4 Å². The third-order valence-electron chi connectivity index (χ3n) is 3.90. The average molecular weight is 342 g/mol. The van der Waals surface area contributed by atoms with Crippen molar-refractivity contribution in [3.63, 3.8) is 0 Å². The summed E-state index contributed by atoms with van der Waals surface area (Å²) in [7, 11) is -3.14. The summed E-state index contributed by atoms with van der Waals surface area (Å²) in [4.78, 5) is 23.9. The lowest BCUT2D eigenvalue weighted by molar-refractivity contribution is -0.187. The van der Waals surface area contributed by atoms with Crippen LogP contribution in [0.2, 0.25) is 0 Å². The predicted molar refractivity (Wildman–Crippen MR) is 70.6 cm³/mol. The van der Waals surface area contributed by atoms with E-state index < -0.39 is 39.8 Å². The largest absolute Gasteiger partial charge is 0.471 e. The fourth-order valence-electron chi connectivity index (χ4n) is 2.78. The molecule has 2 atom stereocenters. The van der Waals surface area contributed by atoms with E-state index in [0.717, 1.165) is 0 Å². The van der Waals surface area contributed by atoms with E-state index in [0.29, 0.717) is 24.2 Å². The molecule has 0 aliphatic carbocycles. The van der Waals surface area contributed by atoms with Crippen LogP contribution in [0.4, 0.5) is 13.2 Å². The van der Waals surface area contributed by atoms with Gasteiger partial charge in [-0.15, -0.1) is 0 Å². The minimum absolute atomic E-state index is 0.00129. The van der Waals surface area contributed by atoms with Gasteiger partial charge in [0, 0.05) is 19.1 Å². The third kappa shape index (κ3) is 4.11. The van der Waals surface area contributed by atoms with Crippen molar-refractivity contribution >= 4 is 21.7 Å². The summed E-state index contributed by atoms with van der Waals surface area (Å²) >= 11 is 0. The Morgan fingerprint density at radius 3 is 2.41 bits per heavy atom. The predicted octanol–water partition coefficient (Wildman–Crippen LogP) is 0.0906. The Labute approximate surface area is 125 Å². The molecule has 2 saturated heterocycles.